The molecule has 116 valence electrons. The summed E-state index contributed by atoms with van der Waals surface area (Å²) in [4.78, 5) is 16.1. The molecule has 0 aromatic rings. The minimum absolute atomic E-state index is 0.0457. The molecule has 5 nitrogen and oxygen atoms in total. The molecule has 2 unspecified atom stereocenters. The molecule has 2 atom stereocenters. The lowest BCUT2D eigenvalue weighted by atomic mass is 10.1. The molecule has 0 saturated heterocycles. The Kier molecular flexibility index (Phi) is 6.30. The highest BCUT2D eigenvalue weighted by atomic mass is 16.2. The quantitative estimate of drug-likeness (QED) is 0.512. The topological polar surface area (TPSA) is 65.5 Å². The maximum Gasteiger partial charge on any atom is 0.242 e. The summed E-state index contributed by atoms with van der Waals surface area (Å²) in [5, 5.41) is 9.51. The lowest BCUT2D eigenvalue weighted by Gasteiger charge is -2.20. The number of amides is 1. The highest BCUT2D eigenvalue weighted by Gasteiger charge is 2.36. The summed E-state index contributed by atoms with van der Waals surface area (Å²) in [5.74, 6) is 1.48. The van der Waals surface area contributed by atoms with Gasteiger partial charge in [0.2, 0.25) is 5.91 Å². The first-order valence-corrected chi connectivity index (χ1v) is 7.71. The van der Waals surface area contributed by atoms with Crippen molar-refractivity contribution in [2.45, 2.75) is 65.5 Å². The monoisotopic (exact) mass is 282 g/mol. The molecule has 1 aliphatic carbocycles. The molecule has 0 spiro atoms. The third-order valence-corrected chi connectivity index (χ3v) is 3.14. The van der Waals surface area contributed by atoms with Crippen molar-refractivity contribution < 1.29 is 4.79 Å². The third-order valence-electron chi connectivity index (χ3n) is 3.14. The molecule has 1 aliphatic rings. The van der Waals surface area contributed by atoms with Gasteiger partial charge >= 0.3 is 0 Å². The normalized spacial score (nSPS) is 22.4. The maximum atomic E-state index is 11.8. The molecule has 0 aromatic heterocycles. The molecule has 0 aliphatic heterocycles. The fourth-order valence-electron chi connectivity index (χ4n) is 2.22. The van der Waals surface area contributed by atoms with E-state index in [4.69, 9.17) is 0 Å². The summed E-state index contributed by atoms with van der Waals surface area (Å²) in [5.41, 5.74) is -0.207. The van der Waals surface area contributed by atoms with Crippen LogP contribution in [-0.2, 0) is 4.79 Å². The van der Waals surface area contributed by atoms with E-state index in [1.807, 2.05) is 27.7 Å². The average molecular weight is 282 g/mol. The number of hydrogen-bond donors (Lipinski definition) is 3. The third kappa shape index (κ3) is 6.78. The number of carbonyl (C=O) groups is 1. The van der Waals surface area contributed by atoms with Gasteiger partial charge in [-0.3, -0.25) is 4.79 Å². The molecule has 5 heteroatoms. The summed E-state index contributed by atoms with van der Waals surface area (Å²) >= 11 is 0. The van der Waals surface area contributed by atoms with Gasteiger partial charge in [-0.05, 0) is 46.5 Å². The van der Waals surface area contributed by atoms with Crippen LogP contribution in [0.15, 0.2) is 4.99 Å². The van der Waals surface area contributed by atoms with Crippen LogP contribution in [0.3, 0.4) is 0 Å². The second-order valence-electron chi connectivity index (χ2n) is 6.53. The fraction of sp³-hybridized carbons (Fsp3) is 0.867. The van der Waals surface area contributed by atoms with Gasteiger partial charge in [0.25, 0.3) is 0 Å². The van der Waals surface area contributed by atoms with E-state index in [2.05, 4.69) is 27.9 Å². The van der Waals surface area contributed by atoms with Gasteiger partial charge in [0.1, 0.15) is 6.54 Å². The highest BCUT2D eigenvalue weighted by molar-refractivity contribution is 5.85. The number of nitrogens with one attached hydrogen (secondary N) is 3. The Bertz CT molecular complexity index is 346. The molecule has 0 radical (unpaired) electrons. The molecule has 3 N–H and O–H groups in total. The van der Waals surface area contributed by atoms with E-state index < -0.39 is 0 Å². The second-order valence-corrected chi connectivity index (χ2v) is 6.53. The van der Waals surface area contributed by atoms with Crippen LogP contribution in [0.2, 0.25) is 0 Å². The zero-order valence-corrected chi connectivity index (χ0v) is 13.5. The van der Waals surface area contributed by atoms with Crippen LogP contribution in [0.1, 0.15) is 53.9 Å². The van der Waals surface area contributed by atoms with Crippen molar-refractivity contribution in [2.75, 3.05) is 13.1 Å². The van der Waals surface area contributed by atoms with Gasteiger partial charge in [-0.15, -0.1) is 0 Å². The van der Waals surface area contributed by atoms with Crippen LogP contribution in [-0.4, -0.2) is 36.5 Å². The Morgan fingerprint density at radius 1 is 1.30 bits per heavy atom. The Hall–Kier alpha value is -1.26. The summed E-state index contributed by atoms with van der Waals surface area (Å²) in [6.07, 6.45) is 3.71. The molecule has 1 rings (SSSR count). The van der Waals surface area contributed by atoms with E-state index in [0.717, 1.165) is 18.4 Å². The molecule has 0 heterocycles. The van der Waals surface area contributed by atoms with Crippen molar-refractivity contribution in [3.8, 4) is 0 Å². The van der Waals surface area contributed by atoms with Crippen LogP contribution >= 0.6 is 0 Å². The van der Waals surface area contributed by atoms with Crippen LogP contribution in [0.5, 0.6) is 0 Å². The van der Waals surface area contributed by atoms with Gasteiger partial charge in [0.15, 0.2) is 5.96 Å². The second kappa shape index (κ2) is 7.50. The molecule has 1 saturated carbocycles. The largest absolute Gasteiger partial charge is 0.357 e. The summed E-state index contributed by atoms with van der Waals surface area (Å²) < 4.78 is 0. The average Bonchev–Trinajstić information content (AvgIpc) is 3.03. The van der Waals surface area contributed by atoms with Gasteiger partial charge in [0, 0.05) is 18.1 Å². The Morgan fingerprint density at radius 3 is 2.55 bits per heavy atom. The molecular weight excluding hydrogens is 252 g/mol. The molecule has 1 fully saturated rings. The lowest BCUT2D eigenvalue weighted by Crippen LogP contribution is -2.43. The number of carbonyl (C=O) groups excluding carboxylic acids is 1. The SMILES string of the molecule is CCCC1CC1NC(=NCC(=O)NC(C)(C)C)NCC. The standard InChI is InChI=1S/C15H30N4O/c1-6-8-11-9-12(11)18-14(16-7-2)17-10-13(20)19-15(3,4)5/h11-12H,6-10H2,1-5H3,(H,19,20)(H2,16,17,18). The van der Waals surface area contributed by atoms with E-state index in [9.17, 15) is 4.79 Å². The predicted molar refractivity (Wildman–Crippen MR) is 83.8 cm³/mol. The van der Waals surface area contributed by atoms with Gasteiger partial charge in [0.05, 0.1) is 0 Å². The molecular formula is C15H30N4O. The first-order chi connectivity index (χ1) is 9.35. The fourth-order valence-corrected chi connectivity index (χ4v) is 2.22. The number of nitrogens with zero attached hydrogens (tertiary/aromatic N) is 1. The number of hydrogen-bond acceptors (Lipinski definition) is 2. The summed E-state index contributed by atoms with van der Waals surface area (Å²) in [6, 6.07) is 0.526. The first kappa shape index (κ1) is 16.8. The Labute approximate surface area is 123 Å². The maximum absolute atomic E-state index is 11.8. The number of rotatable bonds is 6. The lowest BCUT2D eigenvalue weighted by molar-refractivity contribution is -0.121. The molecule has 1 amide bonds. The van der Waals surface area contributed by atoms with Crippen molar-refractivity contribution >= 4 is 11.9 Å². The number of aliphatic imine (C=N–C) groups is 1. The highest BCUT2D eigenvalue weighted by Crippen LogP contribution is 2.34. The smallest absolute Gasteiger partial charge is 0.242 e. The van der Waals surface area contributed by atoms with Gasteiger partial charge in [-0.25, -0.2) is 4.99 Å². The van der Waals surface area contributed by atoms with Gasteiger partial charge < -0.3 is 16.0 Å². The van der Waals surface area contributed by atoms with Crippen LogP contribution in [0, 0.1) is 5.92 Å². The van der Waals surface area contributed by atoms with Crippen LogP contribution in [0.25, 0.3) is 0 Å². The summed E-state index contributed by atoms with van der Waals surface area (Å²) in [7, 11) is 0. The van der Waals surface area contributed by atoms with E-state index in [0.29, 0.717) is 6.04 Å². The van der Waals surface area contributed by atoms with Crippen molar-refractivity contribution in [1.29, 1.82) is 0 Å². The van der Waals surface area contributed by atoms with E-state index >= 15 is 0 Å². The molecule has 0 bridgehead atoms. The molecule has 20 heavy (non-hydrogen) atoms. The predicted octanol–water partition coefficient (Wildman–Crippen LogP) is 1.64. The van der Waals surface area contributed by atoms with Gasteiger partial charge in [-0.2, -0.15) is 0 Å². The Morgan fingerprint density at radius 2 is 2.00 bits per heavy atom. The zero-order chi connectivity index (χ0) is 15.2. The van der Waals surface area contributed by atoms with Crippen LogP contribution < -0.4 is 16.0 Å². The van der Waals surface area contributed by atoms with E-state index in [1.54, 1.807) is 0 Å². The van der Waals surface area contributed by atoms with Crippen molar-refractivity contribution in [2.24, 2.45) is 10.9 Å². The molecule has 0 aromatic carbocycles. The Balaban J connectivity index is 2.41. The van der Waals surface area contributed by atoms with Crippen LogP contribution in [0.4, 0.5) is 0 Å². The first-order valence-electron chi connectivity index (χ1n) is 7.71. The summed E-state index contributed by atoms with van der Waals surface area (Å²) in [6.45, 7) is 11.1. The number of guanidine groups is 1. The van der Waals surface area contributed by atoms with E-state index in [1.165, 1.54) is 19.3 Å². The van der Waals surface area contributed by atoms with Crippen molar-refractivity contribution in [3.63, 3.8) is 0 Å². The van der Waals surface area contributed by atoms with Crippen molar-refractivity contribution in [1.82, 2.24) is 16.0 Å². The minimum atomic E-state index is -0.207. The van der Waals surface area contributed by atoms with Crippen molar-refractivity contribution in [3.05, 3.63) is 0 Å². The minimum Gasteiger partial charge on any atom is -0.357 e. The van der Waals surface area contributed by atoms with E-state index in [-0.39, 0.29) is 18.0 Å². The zero-order valence-electron chi connectivity index (χ0n) is 13.5. The van der Waals surface area contributed by atoms with Gasteiger partial charge in [-0.1, -0.05) is 13.3 Å².